The molecule has 0 atom stereocenters. The van der Waals surface area contributed by atoms with Crippen molar-refractivity contribution in [3.05, 3.63) is 35.9 Å². The van der Waals surface area contributed by atoms with E-state index in [9.17, 15) is 4.79 Å². The SMILES string of the molecule is CNNC(=O)Cc1ccccc1.Cl. The zero-order valence-corrected chi connectivity index (χ0v) is 8.23. The Bertz CT molecular complexity index is 251. The minimum absolute atomic E-state index is 0. The van der Waals surface area contributed by atoms with Gasteiger partial charge < -0.3 is 0 Å². The standard InChI is InChI=1S/C9H12N2O.ClH/c1-10-11-9(12)7-8-5-3-2-4-6-8;/h2-6,10H,7H2,1H3,(H,11,12);1H. The summed E-state index contributed by atoms with van der Waals surface area (Å²) >= 11 is 0. The number of carbonyl (C=O) groups excluding carboxylic acids is 1. The Kier molecular flexibility index (Phi) is 5.93. The molecule has 72 valence electrons. The molecule has 0 heterocycles. The largest absolute Gasteiger partial charge is 0.292 e. The molecule has 0 fully saturated rings. The highest BCUT2D eigenvalue weighted by molar-refractivity contribution is 5.85. The minimum atomic E-state index is -0.0244. The third kappa shape index (κ3) is 4.50. The van der Waals surface area contributed by atoms with Gasteiger partial charge in [0.25, 0.3) is 0 Å². The van der Waals surface area contributed by atoms with Crippen molar-refractivity contribution in [1.82, 2.24) is 10.9 Å². The quantitative estimate of drug-likeness (QED) is 0.712. The molecular formula is C9H13ClN2O. The first-order valence-electron chi connectivity index (χ1n) is 3.82. The second-order valence-electron chi connectivity index (χ2n) is 2.46. The summed E-state index contributed by atoms with van der Waals surface area (Å²) < 4.78 is 0. The van der Waals surface area contributed by atoms with E-state index in [4.69, 9.17) is 0 Å². The molecule has 0 aliphatic carbocycles. The second-order valence-corrected chi connectivity index (χ2v) is 2.46. The van der Waals surface area contributed by atoms with Crippen molar-refractivity contribution < 1.29 is 4.79 Å². The van der Waals surface area contributed by atoms with Crippen LogP contribution >= 0.6 is 12.4 Å². The minimum Gasteiger partial charge on any atom is -0.292 e. The van der Waals surface area contributed by atoms with Crippen LogP contribution in [-0.2, 0) is 11.2 Å². The van der Waals surface area contributed by atoms with Crippen LogP contribution in [0.1, 0.15) is 5.56 Å². The van der Waals surface area contributed by atoms with Crippen LogP contribution in [0.2, 0.25) is 0 Å². The van der Waals surface area contributed by atoms with Crippen LogP contribution in [0.15, 0.2) is 30.3 Å². The van der Waals surface area contributed by atoms with E-state index in [0.29, 0.717) is 6.42 Å². The lowest BCUT2D eigenvalue weighted by atomic mass is 10.1. The predicted molar refractivity (Wildman–Crippen MR) is 54.6 cm³/mol. The highest BCUT2D eigenvalue weighted by atomic mass is 35.5. The average Bonchev–Trinajstić information content (AvgIpc) is 2.06. The van der Waals surface area contributed by atoms with Crippen LogP contribution in [0.3, 0.4) is 0 Å². The first-order valence-corrected chi connectivity index (χ1v) is 3.82. The van der Waals surface area contributed by atoms with Gasteiger partial charge in [-0.2, -0.15) is 0 Å². The van der Waals surface area contributed by atoms with Crippen LogP contribution in [0.4, 0.5) is 0 Å². The second kappa shape index (κ2) is 6.46. The van der Waals surface area contributed by atoms with Gasteiger partial charge in [-0.25, -0.2) is 5.43 Å². The van der Waals surface area contributed by atoms with Crippen LogP contribution in [-0.4, -0.2) is 13.0 Å². The molecular weight excluding hydrogens is 188 g/mol. The van der Waals surface area contributed by atoms with E-state index >= 15 is 0 Å². The van der Waals surface area contributed by atoms with Gasteiger partial charge in [0.05, 0.1) is 6.42 Å². The van der Waals surface area contributed by atoms with Crippen molar-refractivity contribution in [2.75, 3.05) is 7.05 Å². The van der Waals surface area contributed by atoms with Crippen LogP contribution in [0.5, 0.6) is 0 Å². The number of rotatable bonds is 3. The van der Waals surface area contributed by atoms with E-state index in [-0.39, 0.29) is 18.3 Å². The van der Waals surface area contributed by atoms with Crippen molar-refractivity contribution in [3.63, 3.8) is 0 Å². The molecule has 0 aliphatic heterocycles. The first kappa shape index (κ1) is 11.9. The highest BCUT2D eigenvalue weighted by Crippen LogP contribution is 1.98. The van der Waals surface area contributed by atoms with Crippen molar-refractivity contribution in [2.24, 2.45) is 0 Å². The molecule has 2 N–H and O–H groups in total. The summed E-state index contributed by atoms with van der Waals surface area (Å²) in [6.07, 6.45) is 0.418. The summed E-state index contributed by atoms with van der Waals surface area (Å²) in [6, 6.07) is 9.62. The Morgan fingerprint density at radius 1 is 1.31 bits per heavy atom. The molecule has 13 heavy (non-hydrogen) atoms. The molecule has 4 heteroatoms. The Hall–Kier alpha value is -1.06. The summed E-state index contributed by atoms with van der Waals surface area (Å²) in [5, 5.41) is 0. The summed E-state index contributed by atoms with van der Waals surface area (Å²) in [5.74, 6) is -0.0244. The number of benzene rings is 1. The lowest BCUT2D eigenvalue weighted by Crippen LogP contribution is -2.35. The van der Waals surface area contributed by atoms with E-state index in [2.05, 4.69) is 10.9 Å². The molecule has 3 nitrogen and oxygen atoms in total. The average molecular weight is 201 g/mol. The Labute approximate surface area is 83.9 Å². The summed E-state index contributed by atoms with van der Waals surface area (Å²) in [6.45, 7) is 0. The number of hydrogen-bond acceptors (Lipinski definition) is 2. The van der Waals surface area contributed by atoms with Crippen molar-refractivity contribution >= 4 is 18.3 Å². The van der Waals surface area contributed by atoms with E-state index < -0.39 is 0 Å². The molecule has 0 saturated heterocycles. The Morgan fingerprint density at radius 3 is 2.46 bits per heavy atom. The molecule has 1 amide bonds. The fourth-order valence-corrected chi connectivity index (χ4v) is 0.965. The zero-order chi connectivity index (χ0) is 8.81. The number of nitrogens with one attached hydrogen (secondary N) is 2. The number of halogens is 1. The van der Waals surface area contributed by atoms with Gasteiger partial charge in [0, 0.05) is 7.05 Å². The summed E-state index contributed by atoms with van der Waals surface area (Å²) in [5.41, 5.74) is 6.11. The molecule has 0 unspecified atom stereocenters. The van der Waals surface area contributed by atoms with Crippen LogP contribution < -0.4 is 10.9 Å². The van der Waals surface area contributed by atoms with Crippen molar-refractivity contribution in [1.29, 1.82) is 0 Å². The van der Waals surface area contributed by atoms with Crippen molar-refractivity contribution in [3.8, 4) is 0 Å². The van der Waals surface area contributed by atoms with Gasteiger partial charge in [0.1, 0.15) is 0 Å². The number of amides is 1. The maximum absolute atomic E-state index is 11.0. The number of hydrogen-bond donors (Lipinski definition) is 2. The van der Waals surface area contributed by atoms with E-state index in [0.717, 1.165) is 5.56 Å². The van der Waals surface area contributed by atoms with Crippen LogP contribution in [0, 0.1) is 0 Å². The molecule has 1 aromatic rings. The molecule has 1 aromatic carbocycles. The van der Waals surface area contributed by atoms with Gasteiger partial charge in [0.2, 0.25) is 5.91 Å². The van der Waals surface area contributed by atoms with E-state index in [1.807, 2.05) is 30.3 Å². The van der Waals surface area contributed by atoms with Gasteiger partial charge in [0.15, 0.2) is 0 Å². The number of hydrazine groups is 1. The monoisotopic (exact) mass is 200 g/mol. The van der Waals surface area contributed by atoms with E-state index in [1.54, 1.807) is 7.05 Å². The van der Waals surface area contributed by atoms with Crippen LogP contribution in [0.25, 0.3) is 0 Å². The summed E-state index contributed by atoms with van der Waals surface area (Å²) in [7, 11) is 1.67. The molecule has 0 radical (unpaired) electrons. The van der Waals surface area contributed by atoms with Crippen molar-refractivity contribution in [2.45, 2.75) is 6.42 Å². The van der Waals surface area contributed by atoms with E-state index in [1.165, 1.54) is 0 Å². The third-order valence-corrected chi connectivity index (χ3v) is 1.47. The lowest BCUT2D eigenvalue weighted by molar-refractivity contribution is -0.121. The number of carbonyl (C=O) groups is 1. The molecule has 0 bridgehead atoms. The fraction of sp³-hybridized carbons (Fsp3) is 0.222. The van der Waals surface area contributed by atoms with Gasteiger partial charge in [-0.3, -0.25) is 10.2 Å². The van der Waals surface area contributed by atoms with Gasteiger partial charge in [-0.05, 0) is 5.56 Å². The topological polar surface area (TPSA) is 41.1 Å². The molecule has 0 saturated carbocycles. The predicted octanol–water partition coefficient (Wildman–Crippen LogP) is 0.901. The Morgan fingerprint density at radius 2 is 1.92 bits per heavy atom. The van der Waals surface area contributed by atoms with Gasteiger partial charge in [-0.1, -0.05) is 30.3 Å². The van der Waals surface area contributed by atoms with Gasteiger partial charge in [-0.15, -0.1) is 12.4 Å². The first-order chi connectivity index (χ1) is 5.83. The summed E-state index contributed by atoms with van der Waals surface area (Å²) in [4.78, 5) is 11.0. The normalized spacial score (nSPS) is 8.69. The molecule has 0 aliphatic rings. The third-order valence-electron chi connectivity index (χ3n) is 1.47. The zero-order valence-electron chi connectivity index (χ0n) is 7.41. The lowest BCUT2D eigenvalue weighted by Gasteiger charge is -2.01. The highest BCUT2D eigenvalue weighted by Gasteiger charge is 1.99. The molecule has 0 aromatic heterocycles. The fourth-order valence-electron chi connectivity index (χ4n) is 0.965. The molecule has 1 rings (SSSR count). The Balaban J connectivity index is 0.00000144. The smallest absolute Gasteiger partial charge is 0.238 e. The maximum atomic E-state index is 11.0. The maximum Gasteiger partial charge on any atom is 0.238 e. The van der Waals surface area contributed by atoms with Gasteiger partial charge >= 0.3 is 0 Å². The molecule has 0 spiro atoms.